The van der Waals surface area contributed by atoms with Crippen molar-refractivity contribution < 1.29 is 14.7 Å². The van der Waals surface area contributed by atoms with Crippen LogP contribution in [0.3, 0.4) is 0 Å². The number of nitrogens with zero attached hydrogens (tertiary/aromatic N) is 1. The van der Waals surface area contributed by atoms with Crippen LogP contribution in [0, 0.1) is 0 Å². The first-order valence-electron chi connectivity index (χ1n) is 6.78. The first-order valence-corrected chi connectivity index (χ1v) is 7.93. The second-order valence-electron chi connectivity index (χ2n) is 4.98. The van der Waals surface area contributed by atoms with E-state index < -0.39 is 5.97 Å². The van der Waals surface area contributed by atoms with Crippen LogP contribution >= 0.6 is 11.8 Å². The highest BCUT2D eigenvalue weighted by molar-refractivity contribution is 7.99. The SMILES string of the molecule is CC1CCSCCN1C(=O)Cc1ccccc1C(=O)O. The van der Waals surface area contributed by atoms with E-state index in [0.29, 0.717) is 5.56 Å². The van der Waals surface area contributed by atoms with Gasteiger partial charge >= 0.3 is 5.97 Å². The van der Waals surface area contributed by atoms with E-state index in [1.54, 1.807) is 24.3 Å². The summed E-state index contributed by atoms with van der Waals surface area (Å²) in [6, 6.07) is 6.96. The van der Waals surface area contributed by atoms with Crippen molar-refractivity contribution in [2.45, 2.75) is 25.8 Å². The van der Waals surface area contributed by atoms with Crippen LogP contribution in [0.5, 0.6) is 0 Å². The molecule has 1 unspecified atom stereocenters. The van der Waals surface area contributed by atoms with Crippen molar-refractivity contribution in [3.8, 4) is 0 Å². The van der Waals surface area contributed by atoms with Crippen molar-refractivity contribution in [3.05, 3.63) is 35.4 Å². The average molecular weight is 293 g/mol. The van der Waals surface area contributed by atoms with Crippen molar-refractivity contribution in [1.82, 2.24) is 4.90 Å². The maximum Gasteiger partial charge on any atom is 0.335 e. The summed E-state index contributed by atoms with van der Waals surface area (Å²) in [5.74, 6) is 1.08. The minimum absolute atomic E-state index is 0.0219. The van der Waals surface area contributed by atoms with Crippen LogP contribution in [-0.4, -0.2) is 46.0 Å². The molecule has 1 aliphatic heterocycles. The lowest BCUT2D eigenvalue weighted by atomic mass is 10.0. The number of amides is 1. The van der Waals surface area contributed by atoms with Gasteiger partial charge in [0.25, 0.3) is 0 Å². The molecule has 1 amide bonds. The third-order valence-electron chi connectivity index (χ3n) is 3.60. The molecule has 1 atom stereocenters. The number of hydrogen-bond acceptors (Lipinski definition) is 3. The first-order chi connectivity index (χ1) is 9.59. The Labute approximate surface area is 123 Å². The molecule has 4 nitrogen and oxygen atoms in total. The number of benzene rings is 1. The summed E-state index contributed by atoms with van der Waals surface area (Å²) in [7, 11) is 0. The van der Waals surface area contributed by atoms with Crippen LogP contribution in [0.2, 0.25) is 0 Å². The molecular formula is C15H19NO3S. The van der Waals surface area contributed by atoms with E-state index in [2.05, 4.69) is 6.92 Å². The van der Waals surface area contributed by atoms with E-state index in [1.807, 2.05) is 16.7 Å². The summed E-state index contributed by atoms with van der Waals surface area (Å²) in [6.07, 6.45) is 1.16. The molecule has 108 valence electrons. The van der Waals surface area contributed by atoms with Gasteiger partial charge in [0.05, 0.1) is 12.0 Å². The molecule has 0 aromatic heterocycles. The van der Waals surface area contributed by atoms with Gasteiger partial charge in [-0.2, -0.15) is 11.8 Å². The van der Waals surface area contributed by atoms with Gasteiger partial charge in [0.15, 0.2) is 0 Å². The maximum absolute atomic E-state index is 12.4. The van der Waals surface area contributed by atoms with Gasteiger partial charge in [0.1, 0.15) is 0 Å². The van der Waals surface area contributed by atoms with Gasteiger partial charge in [-0.25, -0.2) is 4.79 Å². The third-order valence-corrected chi connectivity index (χ3v) is 4.59. The normalized spacial score (nSPS) is 19.4. The fraction of sp³-hybridized carbons (Fsp3) is 0.467. The van der Waals surface area contributed by atoms with Gasteiger partial charge in [-0.3, -0.25) is 4.79 Å². The number of carbonyl (C=O) groups is 2. The van der Waals surface area contributed by atoms with E-state index in [0.717, 1.165) is 24.5 Å². The van der Waals surface area contributed by atoms with Crippen molar-refractivity contribution >= 4 is 23.6 Å². The molecule has 1 saturated heterocycles. The topological polar surface area (TPSA) is 57.6 Å². The zero-order chi connectivity index (χ0) is 14.5. The maximum atomic E-state index is 12.4. The smallest absolute Gasteiger partial charge is 0.335 e. The Hall–Kier alpha value is -1.49. The predicted octanol–water partition coefficient (Wildman–Crippen LogP) is 2.28. The second kappa shape index (κ2) is 6.79. The minimum atomic E-state index is -0.979. The molecule has 1 aliphatic rings. The second-order valence-corrected chi connectivity index (χ2v) is 6.20. The number of carbonyl (C=O) groups excluding carboxylic acids is 1. The van der Waals surface area contributed by atoms with E-state index in [1.165, 1.54) is 0 Å². The van der Waals surface area contributed by atoms with Crippen LogP contribution < -0.4 is 0 Å². The molecule has 5 heteroatoms. The average Bonchev–Trinajstić information content (AvgIpc) is 2.63. The lowest BCUT2D eigenvalue weighted by molar-refractivity contribution is -0.132. The van der Waals surface area contributed by atoms with E-state index >= 15 is 0 Å². The number of thioether (sulfide) groups is 1. The highest BCUT2D eigenvalue weighted by Gasteiger charge is 2.23. The fourth-order valence-corrected chi connectivity index (χ4v) is 3.45. The van der Waals surface area contributed by atoms with Crippen molar-refractivity contribution in [1.29, 1.82) is 0 Å². The first kappa shape index (κ1) is 14.9. The van der Waals surface area contributed by atoms with Gasteiger partial charge < -0.3 is 10.0 Å². The van der Waals surface area contributed by atoms with Gasteiger partial charge in [0, 0.05) is 18.3 Å². The molecular weight excluding hydrogens is 274 g/mol. The molecule has 0 bridgehead atoms. The molecule has 20 heavy (non-hydrogen) atoms. The largest absolute Gasteiger partial charge is 0.478 e. The van der Waals surface area contributed by atoms with Gasteiger partial charge in [0.2, 0.25) is 5.91 Å². The van der Waals surface area contributed by atoms with E-state index in [9.17, 15) is 9.59 Å². The minimum Gasteiger partial charge on any atom is -0.478 e. The Kier molecular flexibility index (Phi) is 5.06. The Balaban J connectivity index is 2.13. The molecule has 1 N–H and O–H groups in total. The summed E-state index contributed by atoms with van der Waals surface area (Å²) >= 11 is 1.87. The summed E-state index contributed by atoms with van der Waals surface area (Å²) < 4.78 is 0. The van der Waals surface area contributed by atoms with E-state index in [4.69, 9.17) is 5.11 Å². The van der Waals surface area contributed by atoms with E-state index in [-0.39, 0.29) is 23.9 Å². The van der Waals surface area contributed by atoms with Gasteiger partial charge in [-0.1, -0.05) is 18.2 Å². The summed E-state index contributed by atoms with van der Waals surface area (Å²) in [5.41, 5.74) is 0.812. The molecule has 1 fully saturated rings. The van der Waals surface area contributed by atoms with Crippen LogP contribution in [-0.2, 0) is 11.2 Å². The monoisotopic (exact) mass is 293 g/mol. The Morgan fingerprint density at radius 3 is 2.85 bits per heavy atom. The number of rotatable bonds is 3. The molecule has 0 radical (unpaired) electrons. The number of carboxylic acid groups (broad SMARTS) is 1. The lowest BCUT2D eigenvalue weighted by Gasteiger charge is -2.27. The number of hydrogen-bond donors (Lipinski definition) is 1. The van der Waals surface area contributed by atoms with Crippen LogP contribution in [0.25, 0.3) is 0 Å². The Bertz CT molecular complexity index is 504. The zero-order valence-electron chi connectivity index (χ0n) is 11.5. The van der Waals surface area contributed by atoms with Crippen molar-refractivity contribution in [2.75, 3.05) is 18.1 Å². The standard InChI is InChI=1S/C15H19NO3S/c1-11-6-8-20-9-7-16(11)14(17)10-12-4-2-3-5-13(12)15(18)19/h2-5,11H,6-10H2,1H3,(H,18,19). The molecule has 0 aliphatic carbocycles. The van der Waals surface area contributed by atoms with Crippen molar-refractivity contribution in [2.24, 2.45) is 0 Å². The Morgan fingerprint density at radius 2 is 2.10 bits per heavy atom. The molecule has 1 aromatic carbocycles. The number of carboxylic acids is 1. The third kappa shape index (κ3) is 3.54. The molecule has 2 rings (SSSR count). The zero-order valence-corrected chi connectivity index (χ0v) is 12.4. The van der Waals surface area contributed by atoms with Crippen LogP contribution in [0.1, 0.15) is 29.3 Å². The quantitative estimate of drug-likeness (QED) is 0.929. The fourth-order valence-electron chi connectivity index (χ4n) is 2.41. The molecule has 0 spiro atoms. The van der Waals surface area contributed by atoms with Crippen LogP contribution in [0.15, 0.2) is 24.3 Å². The highest BCUT2D eigenvalue weighted by atomic mass is 32.2. The van der Waals surface area contributed by atoms with Crippen molar-refractivity contribution in [3.63, 3.8) is 0 Å². The number of aromatic carboxylic acids is 1. The molecule has 0 saturated carbocycles. The summed E-state index contributed by atoms with van der Waals surface area (Å²) in [4.78, 5) is 25.5. The highest BCUT2D eigenvalue weighted by Crippen LogP contribution is 2.18. The Morgan fingerprint density at radius 1 is 1.35 bits per heavy atom. The summed E-state index contributed by atoms with van der Waals surface area (Å²) in [5, 5.41) is 9.16. The summed E-state index contributed by atoms with van der Waals surface area (Å²) in [6.45, 7) is 2.81. The van der Waals surface area contributed by atoms with Gasteiger partial charge in [-0.15, -0.1) is 0 Å². The molecule has 1 heterocycles. The van der Waals surface area contributed by atoms with Gasteiger partial charge in [-0.05, 0) is 30.7 Å². The van der Waals surface area contributed by atoms with Crippen LogP contribution in [0.4, 0.5) is 0 Å². The predicted molar refractivity (Wildman–Crippen MR) is 80.2 cm³/mol. The lowest BCUT2D eigenvalue weighted by Crippen LogP contribution is -2.40. The molecule has 1 aromatic rings.